The molecule has 4 heteroatoms. The number of hydrogen-bond donors (Lipinski definition) is 2. The molecule has 1 aromatic heterocycles. The van der Waals surface area contributed by atoms with Crippen LogP contribution in [0.3, 0.4) is 0 Å². The lowest BCUT2D eigenvalue weighted by atomic mass is 10.1. The van der Waals surface area contributed by atoms with Crippen LogP contribution in [0.15, 0.2) is 18.2 Å². The minimum absolute atomic E-state index is 0.648. The number of nitrogens with zero attached hydrogens (tertiary/aromatic N) is 1. The first-order valence-corrected chi connectivity index (χ1v) is 5.67. The Kier molecular flexibility index (Phi) is 3.15. The van der Waals surface area contributed by atoms with E-state index in [1.807, 2.05) is 39.0 Å². The summed E-state index contributed by atoms with van der Waals surface area (Å²) in [5.41, 5.74) is 6.63. The van der Waals surface area contributed by atoms with E-state index in [4.69, 9.17) is 10.6 Å². The van der Waals surface area contributed by atoms with Crippen LogP contribution in [0, 0.1) is 13.8 Å². The molecule has 1 aromatic carbocycles. The smallest absolute Gasteiger partial charge is 0.120 e. The third kappa shape index (κ3) is 2.03. The molecule has 0 radical (unpaired) electrons. The van der Waals surface area contributed by atoms with Gasteiger partial charge in [0.05, 0.1) is 17.8 Å². The number of hydrogen-bond acceptors (Lipinski definition) is 4. The van der Waals surface area contributed by atoms with Crippen molar-refractivity contribution in [1.82, 2.24) is 4.98 Å². The molecule has 2 aromatic rings. The van der Waals surface area contributed by atoms with Crippen molar-refractivity contribution >= 4 is 16.6 Å². The second-order valence-electron chi connectivity index (χ2n) is 3.95. The van der Waals surface area contributed by atoms with Gasteiger partial charge < -0.3 is 10.2 Å². The zero-order valence-electron chi connectivity index (χ0n) is 10.4. The average molecular weight is 231 g/mol. The summed E-state index contributed by atoms with van der Waals surface area (Å²) in [4.78, 5) is 4.53. The number of ether oxygens (including phenoxy) is 1. The maximum atomic E-state index is 5.59. The van der Waals surface area contributed by atoms with E-state index in [0.29, 0.717) is 6.61 Å². The number of fused-ring (bicyclic) bond motifs is 1. The highest BCUT2D eigenvalue weighted by atomic mass is 16.5. The molecule has 90 valence electrons. The van der Waals surface area contributed by atoms with Crippen molar-refractivity contribution in [1.29, 1.82) is 0 Å². The largest absolute Gasteiger partial charge is 0.494 e. The first-order valence-electron chi connectivity index (χ1n) is 5.67. The third-order valence-corrected chi connectivity index (χ3v) is 2.90. The zero-order valence-corrected chi connectivity index (χ0v) is 10.4. The molecule has 17 heavy (non-hydrogen) atoms. The predicted octanol–water partition coefficient (Wildman–Crippen LogP) is 2.54. The van der Waals surface area contributed by atoms with Crippen LogP contribution < -0.4 is 16.0 Å². The van der Waals surface area contributed by atoms with Gasteiger partial charge in [0.1, 0.15) is 5.75 Å². The monoisotopic (exact) mass is 231 g/mol. The van der Waals surface area contributed by atoms with Crippen LogP contribution in [0.2, 0.25) is 0 Å². The van der Waals surface area contributed by atoms with E-state index in [1.165, 1.54) is 0 Å². The molecule has 0 amide bonds. The summed E-state index contributed by atoms with van der Waals surface area (Å²) >= 11 is 0. The van der Waals surface area contributed by atoms with Crippen molar-refractivity contribution < 1.29 is 4.74 Å². The van der Waals surface area contributed by atoms with Crippen LogP contribution in [0.4, 0.5) is 5.69 Å². The fourth-order valence-corrected chi connectivity index (χ4v) is 1.90. The van der Waals surface area contributed by atoms with Gasteiger partial charge in [-0.05, 0) is 44.5 Å². The number of rotatable bonds is 3. The predicted molar refractivity (Wildman–Crippen MR) is 70.2 cm³/mol. The molecule has 3 N–H and O–H groups in total. The van der Waals surface area contributed by atoms with E-state index < -0.39 is 0 Å². The van der Waals surface area contributed by atoms with E-state index >= 15 is 0 Å². The van der Waals surface area contributed by atoms with Gasteiger partial charge in [0.25, 0.3) is 0 Å². The van der Waals surface area contributed by atoms with Gasteiger partial charge in [0.2, 0.25) is 0 Å². The Morgan fingerprint density at radius 2 is 2.12 bits per heavy atom. The number of pyridine rings is 1. The molecule has 0 fully saturated rings. The fraction of sp³-hybridized carbons (Fsp3) is 0.308. The molecule has 0 aliphatic heterocycles. The van der Waals surface area contributed by atoms with Gasteiger partial charge in [0, 0.05) is 11.1 Å². The van der Waals surface area contributed by atoms with E-state index in [9.17, 15) is 0 Å². The number of nitrogens with two attached hydrogens (primary N) is 1. The molecular formula is C13H17N3O. The second-order valence-corrected chi connectivity index (χ2v) is 3.95. The van der Waals surface area contributed by atoms with Crippen molar-refractivity contribution in [3.63, 3.8) is 0 Å². The van der Waals surface area contributed by atoms with Crippen LogP contribution >= 0.6 is 0 Å². The average Bonchev–Trinajstić information content (AvgIpc) is 2.32. The van der Waals surface area contributed by atoms with Gasteiger partial charge in [-0.15, -0.1) is 0 Å². The number of nitrogens with one attached hydrogen (secondary N) is 1. The fourth-order valence-electron chi connectivity index (χ4n) is 1.90. The molecule has 4 nitrogen and oxygen atoms in total. The van der Waals surface area contributed by atoms with Crippen molar-refractivity contribution in [2.45, 2.75) is 20.8 Å². The van der Waals surface area contributed by atoms with Crippen LogP contribution in [-0.4, -0.2) is 11.6 Å². The van der Waals surface area contributed by atoms with E-state index in [2.05, 4.69) is 10.4 Å². The second kappa shape index (κ2) is 4.59. The number of benzene rings is 1. The van der Waals surface area contributed by atoms with Crippen LogP contribution in [0.5, 0.6) is 5.75 Å². The van der Waals surface area contributed by atoms with E-state index in [-0.39, 0.29) is 0 Å². The van der Waals surface area contributed by atoms with Crippen LogP contribution in [0.1, 0.15) is 18.2 Å². The van der Waals surface area contributed by atoms with Crippen LogP contribution in [-0.2, 0) is 0 Å². The molecule has 0 unspecified atom stereocenters. The number of nitrogen functional groups attached to an aromatic ring is 1. The summed E-state index contributed by atoms with van der Waals surface area (Å²) in [6.07, 6.45) is 0. The number of aromatic nitrogens is 1. The topological polar surface area (TPSA) is 60.2 Å². The maximum Gasteiger partial charge on any atom is 0.120 e. The quantitative estimate of drug-likeness (QED) is 0.629. The number of anilines is 1. The summed E-state index contributed by atoms with van der Waals surface area (Å²) in [5.74, 6) is 6.43. The molecule has 2 rings (SSSR count). The van der Waals surface area contributed by atoms with Crippen molar-refractivity contribution in [3.05, 3.63) is 29.5 Å². The SMILES string of the molecule is CCOc1ccc2nc(C)c(C)c(NN)c2c1. The normalized spacial score (nSPS) is 10.6. The third-order valence-electron chi connectivity index (χ3n) is 2.90. The summed E-state index contributed by atoms with van der Waals surface area (Å²) in [6.45, 7) is 6.59. The Bertz CT molecular complexity index is 552. The summed E-state index contributed by atoms with van der Waals surface area (Å²) in [7, 11) is 0. The zero-order chi connectivity index (χ0) is 12.4. The summed E-state index contributed by atoms with van der Waals surface area (Å²) in [5, 5.41) is 0.988. The molecule has 0 bridgehead atoms. The first-order chi connectivity index (χ1) is 8.17. The minimum Gasteiger partial charge on any atom is -0.494 e. The van der Waals surface area contributed by atoms with Gasteiger partial charge in [-0.1, -0.05) is 0 Å². The number of hydrazine groups is 1. The van der Waals surface area contributed by atoms with E-state index in [0.717, 1.165) is 33.6 Å². The molecule has 0 saturated heterocycles. The number of aryl methyl sites for hydroxylation is 1. The highest BCUT2D eigenvalue weighted by Gasteiger charge is 2.09. The van der Waals surface area contributed by atoms with E-state index in [1.54, 1.807) is 0 Å². The van der Waals surface area contributed by atoms with Gasteiger partial charge in [0.15, 0.2) is 0 Å². The van der Waals surface area contributed by atoms with Gasteiger partial charge >= 0.3 is 0 Å². The Balaban J connectivity index is 2.70. The Hall–Kier alpha value is -1.81. The maximum absolute atomic E-state index is 5.59. The molecule has 0 aliphatic carbocycles. The Labute approximate surface area is 101 Å². The van der Waals surface area contributed by atoms with Gasteiger partial charge in [-0.2, -0.15) is 0 Å². The minimum atomic E-state index is 0.648. The van der Waals surface area contributed by atoms with Crippen LogP contribution in [0.25, 0.3) is 10.9 Å². The first kappa shape index (κ1) is 11.7. The summed E-state index contributed by atoms with van der Waals surface area (Å²) < 4.78 is 5.49. The molecule has 0 aliphatic rings. The Morgan fingerprint density at radius 1 is 1.35 bits per heavy atom. The highest BCUT2D eigenvalue weighted by molar-refractivity contribution is 5.94. The summed E-state index contributed by atoms with van der Waals surface area (Å²) in [6, 6.07) is 5.84. The van der Waals surface area contributed by atoms with Gasteiger partial charge in [-0.3, -0.25) is 10.8 Å². The molecule has 0 atom stereocenters. The standard InChI is InChI=1S/C13H17N3O/c1-4-17-10-5-6-12-11(7-10)13(16-14)8(2)9(3)15-12/h5-7H,4,14H2,1-3H3,(H,15,16). The van der Waals surface area contributed by atoms with Crippen molar-refractivity contribution in [2.24, 2.45) is 5.84 Å². The molecule has 0 spiro atoms. The van der Waals surface area contributed by atoms with Crippen molar-refractivity contribution in [3.8, 4) is 5.75 Å². The van der Waals surface area contributed by atoms with Gasteiger partial charge in [-0.25, -0.2) is 0 Å². The Morgan fingerprint density at radius 3 is 2.76 bits per heavy atom. The molecular weight excluding hydrogens is 214 g/mol. The molecule has 1 heterocycles. The lowest BCUT2D eigenvalue weighted by Gasteiger charge is -2.12. The molecule has 0 saturated carbocycles. The highest BCUT2D eigenvalue weighted by Crippen LogP contribution is 2.29. The lowest BCUT2D eigenvalue weighted by Crippen LogP contribution is -2.10. The van der Waals surface area contributed by atoms with Crippen molar-refractivity contribution in [2.75, 3.05) is 12.0 Å². The lowest BCUT2D eigenvalue weighted by molar-refractivity contribution is 0.340.